The van der Waals surface area contributed by atoms with Gasteiger partial charge in [0.2, 0.25) is 0 Å². The number of pyridine rings is 3. The lowest BCUT2D eigenvalue weighted by Crippen LogP contribution is -2.00. The van der Waals surface area contributed by atoms with E-state index in [1.807, 2.05) is 26.0 Å². The maximum absolute atomic E-state index is 9.88. The standard InChI is InChI=1S/C17H18N4O/c1-3-16(22)15-4-10(2)13(9-20-15)14-5-11-8-21-17(18)6-12(11)7-19-14/h4-9,16,22H,3H2,1-2H3,(H2,18,21)/t16-/m1/s1. The van der Waals surface area contributed by atoms with Crippen LogP contribution in [0.2, 0.25) is 0 Å². The fourth-order valence-electron chi connectivity index (χ4n) is 2.44. The van der Waals surface area contributed by atoms with E-state index in [9.17, 15) is 5.11 Å². The van der Waals surface area contributed by atoms with Gasteiger partial charge in [0.25, 0.3) is 0 Å². The van der Waals surface area contributed by atoms with E-state index >= 15 is 0 Å². The molecule has 0 saturated heterocycles. The Hall–Kier alpha value is -2.53. The molecule has 0 unspecified atom stereocenters. The van der Waals surface area contributed by atoms with Crippen LogP contribution < -0.4 is 5.73 Å². The number of anilines is 1. The van der Waals surface area contributed by atoms with Crippen LogP contribution in [0, 0.1) is 6.92 Å². The highest BCUT2D eigenvalue weighted by Crippen LogP contribution is 2.26. The fraction of sp³-hybridized carbons (Fsp3) is 0.235. The number of nitrogen functional groups attached to an aromatic ring is 1. The topological polar surface area (TPSA) is 84.9 Å². The van der Waals surface area contributed by atoms with Gasteiger partial charge in [0.1, 0.15) is 5.82 Å². The molecule has 0 aliphatic heterocycles. The lowest BCUT2D eigenvalue weighted by molar-refractivity contribution is 0.169. The average Bonchev–Trinajstić information content (AvgIpc) is 2.53. The summed E-state index contributed by atoms with van der Waals surface area (Å²) in [6, 6.07) is 5.69. The van der Waals surface area contributed by atoms with Crippen LogP contribution in [0.3, 0.4) is 0 Å². The number of fused-ring (bicyclic) bond motifs is 1. The zero-order valence-corrected chi connectivity index (χ0v) is 12.6. The Morgan fingerprint density at radius 2 is 1.77 bits per heavy atom. The quantitative estimate of drug-likeness (QED) is 0.775. The predicted octanol–water partition coefficient (Wildman–Crippen LogP) is 3.03. The number of aliphatic hydroxyl groups is 1. The molecule has 0 fully saturated rings. The van der Waals surface area contributed by atoms with E-state index in [0.29, 0.717) is 17.9 Å². The Kier molecular flexibility index (Phi) is 3.73. The largest absolute Gasteiger partial charge is 0.387 e. The molecule has 3 heterocycles. The lowest BCUT2D eigenvalue weighted by Gasteiger charge is -2.11. The molecular formula is C17H18N4O. The predicted molar refractivity (Wildman–Crippen MR) is 87.2 cm³/mol. The molecule has 0 aromatic carbocycles. The van der Waals surface area contributed by atoms with Crippen LogP contribution in [0.1, 0.15) is 30.7 Å². The molecule has 112 valence electrons. The van der Waals surface area contributed by atoms with Crippen LogP contribution in [0.15, 0.2) is 36.8 Å². The van der Waals surface area contributed by atoms with Gasteiger partial charge in [0.05, 0.1) is 17.5 Å². The Morgan fingerprint density at radius 1 is 1.05 bits per heavy atom. The number of aromatic nitrogens is 3. The molecule has 0 spiro atoms. The number of hydrogen-bond donors (Lipinski definition) is 2. The van der Waals surface area contributed by atoms with Gasteiger partial charge in [0.15, 0.2) is 0 Å². The van der Waals surface area contributed by atoms with E-state index in [1.165, 1.54) is 0 Å². The van der Waals surface area contributed by atoms with Gasteiger partial charge < -0.3 is 10.8 Å². The molecule has 5 heteroatoms. The molecule has 0 aliphatic rings. The molecule has 1 atom stereocenters. The first-order valence-electron chi connectivity index (χ1n) is 7.24. The summed E-state index contributed by atoms with van der Waals surface area (Å²) in [5, 5.41) is 11.8. The van der Waals surface area contributed by atoms with Crippen LogP contribution in [-0.4, -0.2) is 20.1 Å². The number of nitrogens with zero attached hydrogens (tertiary/aromatic N) is 3. The number of aryl methyl sites for hydroxylation is 1. The summed E-state index contributed by atoms with van der Waals surface area (Å²) in [5.41, 5.74) is 9.20. The van der Waals surface area contributed by atoms with Gasteiger partial charge in [-0.25, -0.2) is 4.98 Å². The summed E-state index contributed by atoms with van der Waals surface area (Å²) < 4.78 is 0. The van der Waals surface area contributed by atoms with E-state index in [0.717, 1.165) is 27.6 Å². The second kappa shape index (κ2) is 5.69. The van der Waals surface area contributed by atoms with Crippen LogP contribution in [0.5, 0.6) is 0 Å². The van der Waals surface area contributed by atoms with Gasteiger partial charge in [-0.2, -0.15) is 0 Å². The molecule has 3 aromatic heterocycles. The van der Waals surface area contributed by atoms with Crippen LogP contribution >= 0.6 is 0 Å². The normalized spacial score (nSPS) is 12.5. The molecule has 0 saturated carbocycles. The first-order valence-corrected chi connectivity index (χ1v) is 7.24. The maximum Gasteiger partial charge on any atom is 0.123 e. The Bertz CT molecular complexity index is 832. The van der Waals surface area contributed by atoms with Crippen molar-refractivity contribution in [3.05, 3.63) is 48.0 Å². The van der Waals surface area contributed by atoms with Gasteiger partial charge in [-0.1, -0.05) is 6.92 Å². The van der Waals surface area contributed by atoms with Crippen molar-refractivity contribution in [2.24, 2.45) is 0 Å². The highest BCUT2D eigenvalue weighted by molar-refractivity contribution is 5.86. The molecular weight excluding hydrogens is 276 g/mol. The van der Waals surface area contributed by atoms with E-state index in [1.54, 1.807) is 24.7 Å². The van der Waals surface area contributed by atoms with Crippen molar-refractivity contribution in [1.29, 1.82) is 0 Å². The minimum Gasteiger partial charge on any atom is -0.387 e. The van der Waals surface area contributed by atoms with Crippen molar-refractivity contribution in [3.63, 3.8) is 0 Å². The van der Waals surface area contributed by atoms with E-state index in [2.05, 4.69) is 15.0 Å². The minimum atomic E-state index is -0.524. The second-order valence-corrected chi connectivity index (χ2v) is 5.37. The van der Waals surface area contributed by atoms with E-state index in [-0.39, 0.29) is 0 Å². The third-order valence-electron chi connectivity index (χ3n) is 3.76. The molecule has 0 radical (unpaired) electrons. The number of aliphatic hydroxyl groups excluding tert-OH is 1. The Morgan fingerprint density at radius 3 is 2.50 bits per heavy atom. The third-order valence-corrected chi connectivity index (χ3v) is 3.76. The smallest absolute Gasteiger partial charge is 0.123 e. The summed E-state index contributed by atoms with van der Waals surface area (Å²) >= 11 is 0. The molecule has 0 amide bonds. The summed E-state index contributed by atoms with van der Waals surface area (Å²) in [6.07, 6.45) is 5.42. The SMILES string of the molecule is CC[C@@H](O)c1cc(C)c(-c2cc3cnc(N)cc3cn2)cn1. The molecule has 3 N–H and O–H groups in total. The van der Waals surface area contributed by atoms with Crippen LogP contribution in [0.4, 0.5) is 5.82 Å². The van der Waals surface area contributed by atoms with Gasteiger partial charge in [-0.05, 0) is 37.1 Å². The van der Waals surface area contributed by atoms with Crippen molar-refractivity contribution in [1.82, 2.24) is 15.0 Å². The summed E-state index contributed by atoms with van der Waals surface area (Å²) in [5.74, 6) is 0.484. The van der Waals surface area contributed by atoms with Gasteiger partial charge in [-0.15, -0.1) is 0 Å². The number of nitrogens with two attached hydrogens (primary N) is 1. The van der Waals surface area contributed by atoms with Crippen LogP contribution in [-0.2, 0) is 0 Å². The highest BCUT2D eigenvalue weighted by Gasteiger charge is 2.11. The highest BCUT2D eigenvalue weighted by atomic mass is 16.3. The molecule has 22 heavy (non-hydrogen) atoms. The molecule has 5 nitrogen and oxygen atoms in total. The van der Waals surface area contributed by atoms with Gasteiger partial charge in [-0.3, -0.25) is 9.97 Å². The fourth-order valence-corrected chi connectivity index (χ4v) is 2.44. The molecule has 3 rings (SSSR count). The first-order chi connectivity index (χ1) is 10.6. The second-order valence-electron chi connectivity index (χ2n) is 5.37. The Labute approximate surface area is 128 Å². The lowest BCUT2D eigenvalue weighted by atomic mass is 10.0. The zero-order valence-electron chi connectivity index (χ0n) is 12.6. The van der Waals surface area contributed by atoms with E-state index < -0.39 is 6.10 Å². The van der Waals surface area contributed by atoms with Crippen molar-refractivity contribution in [3.8, 4) is 11.3 Å². The van der Waals surface area contributed by atoms with Gasteiger partial charge in [0, 0.05) is 34.9 Å². The maximum atomic E-state index is 9.88. The molecule has 0 aliphatic carbocycles. The van der Waals surface area contributed by atoms with Crippen molar-refractivity contribution in [2.45, 2.75) is 26.4 Å². The van der Waals surface area contributed by atoms with Crippen molar-refractivity contribution in [2.75, 3.05) is 5.73 Å². The zero-order chi connectivity index (χ0) is 15.7. The molecule has 0 bridgehead atoms. The average molecular weight is 294 g/mol. The Balaban J connectivity index is 2.05. The minimum absolute atomic E-state index is 0.484. The summed E-state index contributed by atoms with van der Waals surface area (Å²) in [4.78, 5) is 13.0. The summed E-state index contributed by atoms with van der Waals surface area (Å²) in [7, 11) is 0. The van der Waals surface area contributed by atoms with Crippen LogP contribution in [0.25, 0.3) is 22.0 Å². The first kappa shape index (κ1) is 14.4. The van der Waals surface area contributed by atoms with Crippen molar-refractivity contribution >= 4 is 16.6 Å². The third kappa shape index (κ3) is 2.63. The number of hydrogen-bond acceptors (Lipinski definition) is 5. The van der Waals surface area contributed by atoms with Gasteiger partial charge >= 0.3 is 0 Å². The number of rotatable bonds is 3. The van der Waals surface area contributed by atoms with E-state index in [4.69, 9.17) is 5.73 Å². The molecule has 3 aromatic rings. The summed E-state index contributed by atoms with van der Waals surface area (Å²) in [6.45, 7) is 3.93. The van der Waals surface area contributed by atoms with Crippen molar-refractivity contribution < 1.29 is 5.11 Å². The monoisotopic (exact) mass is 294 g/mol.